The van der Waals surface area contributed by atoms with Crippen molar-refractivity contribution in [3.8, 4) is 11.5 Å². The summed E-state index contributed by atoms with van der Waals surface area (Å²) in [6, 6.07) is 4.18. The van der Waals surface area contributed by atoms with Gasteiger partial charge in [-0.15, -0.1) is 0 Å². The number of piperazine rings is 1. The summed E-state index contributed by atoms with van der Waals surface area (Å²) < 4.78 is 16.5. The number of likely N-dealkylation sites (N-methyl/N-ethyl adjacent to an activating group) is 1. The van der Waals surface area contributed by atoms with Crippen LogP contribution in [0.5, 0.6) is 11.5 Å². The average molecular weight is 504 g/mol. The summed E-state index contributed by atoms with van der Waals surface area (Å²) in [4.78, 5) is 44.3. The van der Waals surface area contributed by atoms with Crippen LogP contribution in [0.15, 0.2) is 29.5 Å². The minimum absolute atomic E-state index is 0.0824. The van der Waals surface area contributed by atoms with Crippen molar-refractivity contribution in [2.75, 3.05) is 66.6 Å². The lowest BCUT2D eigenvalue weighted by Crippen LogP contribution is -2.55. The number of esters is 1. The monoisotopic (exact) mass is 503 g/mol. The summed E-state index contributed by atoms with van der Waals surface area (Å²) in [7, 11) is 3.06. The Labute approximate surface area is 212 Å². The lowest BCUT2D eigenvalue weighted by Gasteiger charge is -2.40. The second-order valence-corrected chi connectivity index (χ2v) is 8.39. The van der Waals surface area contributed by atoms with Gasteiger partial charge in [0.2, 0.25) is 0 Å². The molecule has 1 aromatic carbocycles. The van der Waals surface area contributed by atoms with Gasteiger partial charge >= 0.3 is 18.0 Å². The molecule has 0 aromatic heterocycles. The molecule has 0 spiro atoms. The van der Waals surface area contributed by atoms with Crippen LogP contribution < -0.4 is 20.1 Å². The smallest absolute Gasteiger partial charge is 0.338 e. The van der Waals surface area contributed by atoms with E-state index in [1.165, 1.54) is 14.2 Å². The van der Waals surface area contributed by atoms with E-state index in [0.29, 0.717) is 74.1 Å². The molecular formula is C25H37N5O6. The van der Waals surface area contributed by atoms with E-state index in [9.17, 15) is 14.4 Å². The number of carbonyl (C=O) groups excluding carboxylic acids is 3. The first-order chi connectivity index (χ1) is 17.4. The highest BCUT2D eigenvalue weighted by molar-refractivity contribution is 5.95. The molecule has 3 rings (SSSR count). The minimum Gasteiger partial charge on any atom is -0.493 e. The van der Waals surface area contributed by atoms with Crippen LogP contribution in [0.2, 0.25) is 0 Å². The summed E-state index contributed by atoms with van der Waals surface area (Å²) in [5.41, 5.74) is 1.54. The van der Waals surface area contributed by atoms with E-state index in [1.54, 1.807) is 34.9 Å². The zero-order valence-electron chi connectivity index (χ0n) is 21.8. The first-order valence-corrected chi connectivity index (χ1v) is 12.3. The molecule has 2 heterocycles. The number of hydrogen-bond donors (Lipinski definition) is 2. The Balaban J connectivity index is 2.02. The molecule has 0 saturated carbocycles. The summed E-state index contributed by atoms with van der Waals surface area (Å²) in [5, 5.41) is 5.79. The second kappa shape index (κ2) is 12.5. The van der Waals surface area contributed by atoms with Gasteiger partial charge in [0.05, 0.1) is 32.4 Å². The van der Waals surface area contributed by atoms with Crippen molar-refractivity contribution in [3.63, 3.8) is 0 Å². The Morgan fingerprint density at radius 1 is 1.08 bits per heavy atom. The Kier molecular flexibility index (Phi) is 9.40. The molecule has 198 valence electrons. The highest BCUT2D eigenvalue weighted by Gasteiger charge is 2.40. The molecule has 2 aliphatic heterocycles. The normalized spacial score (nSPS) is 18.6. The van der Waals surface area contributed by atoms with Crippen LogP contribution in [0.3, 0.4) is 0 Å². The highest BCUT2D eigenvalue weighted by atomic mass is 16.5. The maximum Gasteiger partial charge on any atom is 0.338 e. The van der Waals surface area contributed by atoms with Crippen LogP contribution in [0.4, 0.5) is 9.59 Å². The van der Waals surface area contributed by atoms with Crippen molar-refractivity contribution in [1.82, 2.24) is 25.3 Å². The first-order valence-electron chi connectivity index (χ1n) is 12.3. The number of carbonyl (C=O) groups is 3. The number of hydrogen-bond acceptors (Lipinski definition) is 7. The molecule has 0 aliphatic carbocycles. The van der Waals surface area contributed by atoms with Gasteiger partial charge in [0, 0.05) is 57.1 Å². The molecule has 2 aliphatic rings. The van der Waals surface area contributed by atoms with Gasteiger partial charge < -0.3 is 29.7 Å². The van der Waals surface area contributed by atoms with Crippen molar-refractivity contribution < 1.29 is 28.6 Å². The van der Waals surface area contributed by atoms with E-state index >= 15 is 0 Å². The van der Waals surface area contributed by atoms with Gasteiger partial charge in [0.1, 0.15) is 0 Å². The standard InChI is InChI=1S/C25H37N5O6/c1-6-26-24(32)29-14-12-28(13-15-29)16-18-20(23(31)36-8-3)21(27-25(33)30(18)7-2)17-10-9-11-19(34-4)22(17)35-5/h9-11,21H,6-8,12-16H2,1-5H3,(H,26,32)(H,27,33). The van der Waals surface area contributed by atoms with E-state index in [-0.39, 0.29) is 18.7 Å². The summed E-state index contributed by atoms with van der Waals surface area (Å²) in [5.74, 6) is 0.433. The number of nitrogens with zero attached hydrogens (tertiary/aromatic N) is 3. The Hall–Kier alpha value is -3.47. The molecule has 11 nitrogen and oxygen atoms in total. The molecule has 36 heavy (non-hydrogen) atoms. The third kappa shape index (κ3) is 5.67. The third-order valence-electron chi connectivity index (χ3n) is 6.36. The number of nitrogens with one attached hydrogen (secondary N) is 2. The minimum atomic E-state index is -0.781. The zero-order chi connectivity index (χ0) is 26.2. The molecule has 0 radical (unpaired) electrons. The number of amides is 4. The van der Waals surface area contributed by atoms with E-state index in [1.807, 2.05) is 13.8 Å². The molecule has 0 bridgehead atoms. The van der Waals surface area contributed by atoms with E-state index in [4.69, 9.17) is 14.2 Å². The van der Waals surface area contributed by atoms with Gasteiger partial charge in [0.15, 0.2) is 11.5 Å². The second-order valence-electron chi connectivity index (χ2n) is 8.39. The van der Waals surface area contributed by atoms with Crippen molar-refractivity contribution in [3.05, 3.63) is 35.0 Å². The van der Waals surface area contributed by atoms with Crippen LogP contribution in [0, 0.1) is 0 Å². The molecular weight excluding hydrogens is 466 g/mol. The van der Waals surface area contributed by atoms with Crippen molar-refractivity contribution in [2.45, 2.75) is 26.8 Å². The van der Waals surface area contributed by atoms with E-state index < -0.39 is 12.0 Å². The predicted octanol–water partition coefficient (Wildman–Crippen LogP) is 1.95. The number of rotatable bonds is 9. The fourth-order valence-electron chi connectivity index (χ4n) is 4.61. The fraction of sp³-hybridized carbons (Fsp3) is 0.560. The van der Waals surface area contributed by atoms with Gasteiger partial charge in [-0.25, -0.2) is 14.4 Å². The van der Waals surface area contributed by atoms with Gasteiger partial charge in [-0.05, 0) is 26.8 Å². The molecule has 1 unspecified atom stereocenters. The third-order valence-corrected chi connectivity index (χ3v) is 6.36. The number of benzene rings is 1. The number of para-hydroxylation sites is 1. The number of ether oxygens (including phenoxy) is 3. The average Bonchev–Trinajstić information content (AvgIpc) is 2.88. The van der Waals surface area contributed by atoms with Crippen LogP contribution in [0.25, 0.3) is 0 Å². The van der Waals surface area contributed by atoms with Crippen LogP contribution in [-0.4, -0.2) is 99.4 Å². The molecule has 1 fully saturated rings. The molecule has 1 saturated heterocycles. The van der Waals surface area contributed by atoms with Gasteiger partial charge in [-0.1, -0.05) is 12.1 Å². The lowest BCUT2D eigenvalue weighted by molar-refractivity contribution is -0.139. The van der Waals surface area contributed by atoms with Crippen molar-refractivity contribution in [2.24, 2.45) is 0 Å². The summed E-state index contributed by atoms with van der Waals surface area (Å²) in [6.45, 7) is 9.35. The first kappa shape index (κ1) is 27.1. The molecule has 2 N–H and O–H groups in total. The zero-order valence-corrected chi connectivity index (χ0v) is 21.8. The van der Waals surface area contributed by atoms with Crippen molar-refractivity contribution >= 4 is 18.0 Å². The number of methoxy groups -OCH3 is 2. The highest BCUT2D eigenvalue weighted by Crippen LogP contribution is 2.40. The fourth-order valence-corrected chi connectivity index (χ4v) is 4.61. The van der Waals surface area contributed by atoms with Crippen LogP contribution in [-0.2, 0) is 9.53 Å². The summed E-state index contributed by atoms with van der Waals surface area (Å²) >= 11 is 0. The predicted molar refractivity (Wildman–Crippen MR) is 134 cm³/mol. The lowest BCUT2D eigenvalue weighted by atomic mass is 9.93. The quantitative estimate of drug-likeness (QED) is 0.496. The summed E-state index contributed by atoms with van der Waals surface area (Å²) in [6.07, 6.45) is 0. The molecule has 11 heteroatoms. The van der Waals surface area contributed by atoms with Crippen LogP contribution in [0.1, 0.15) is 32.4 Å². The Morgan fingerprint density at radius 2 is 1.81 bits per heavy atom. The topological polar surface area (TPSA) is 113 Å². The Morgan fingerprint density at radius 3 is 2.39 bits per heavy atom. The van der Waals surface area contributed by atoms with E-state index in [2.05, 4.69) is 15.5 Å². The van der Waals surface area contributed by atoms with Crippen molar-refractivity contribution in [1.29, 1.82) is 0 Å². The van der Waals surface area contributed by atoms with E-state index in [0.717, 1.165) is 0 Å². The molecule has 1 aromatic rings. The van der Waals surface area contributed by atoms with Gasteiger partial charge in [-0.2, -0.15) is 0 Å². The van der Waals surface area contributed by atoms with Gasteiger partial charge in [0.25, 0.3) is 0 Å². The molecule has 4 amide bonds. The number of urea groups is 2. The van der Waals surface area contributed by atoms with Gasteiger partial charge in [-0.3, -0.25) is 9.80 Å². The maximum absolute atomic E-state index is 13.4. The maximum atomic E-state index is 13.4. The SMILES string of the molecule is CCNC(=O)N1CCN(CC2=C(C(=O)OCC)C(c3cccc(OC)c3OC)NC(=O)N2CC)CC1. The Bertz CT molecular complexity index is 989. The van der Waals surface area contributed by atoms with Crippen LogP contribution >= 0.6 is 0 Å². The molecule has 1 atom stereocenters. The largest absolute Gasteiger partial charge is 0.493 e.